The highest BCUT2D eigenvalue weighted by molar-refractivity contribution is 7.11. The van der Waals surface area contributed by atoms with Crippen molar-refractivity contribution in [2.75, 3.05) is 6.61 Å². The van der Waals surface area contributed by atoms with E-state index in [1.807, 2.05) is 20.0 Å². The summed E-state index contributed by atoms with van der Waals surface area (Å²) in [5, 5.41) is 16.8. The van der Waals surface area contributed by atoms with Crippen molar-refractivity contribution >= 4 is 17.4 Å². The molecule has 0 aliphatic heterocycles. The number of urea groups is 1. The molecule has 0 radical (unpaired) electrons. The second-order valence-electron chi connectivity index (χ2n) is 7.00. The maximum Gasteiger partial charge on any atom is 0.315 e. The minimum atomic E-state index is -0.190. The van der Waals surface area contributed by atoms with Crippen molar-refractivity contribution in [3.63, 3.8) is 0 Å². The van der Waals surface area contributed by atoms with Gasteiger partial charge in [0.05, 0.1) is 12.6 Å². The van der Waals surface area contributed by atoms with E-state index in [2.05, 4.69) is 15.6 Å². The van der Waals surface area contributed by atoms with Crippen molar-refractivity contribution in [1.29, 1.82) is 0 Å². The fourth-order valence-corrected chi connectivity index (χ4v) is 4.26. The van der Waals surface area contributed by atoms with E-state index < -0.39 is 0 Å². The second-order valence-corrected chi connectivity index (χ2v) is 8.27. The van der Waals surface area contributed by atoms with Crippen molar-refractivity contribution in [3.05, 3.63) is 16.1 Å². The van der Waals surface area contributed by atoms with Crippen molar-refractivity contribution in [2.24, 2.45) is 11.3 Å². The average Bonchev–Trinajstić information content (AvgIpc) is 3.15. The van der Waals surface area contributed by atoms with Gasteiger partial charge < -0.3 is 15.7 Å². The van der Waals surface area contributed by atoms with Gasteiger partial charge in [-0.25, -0.2) is 9.78 Å². The lowest BCUT2D eigenvalue weighted by Gasteiger charge is -2.30. The van der Waals surface area contributed by atoms with Gasteiger partial charge in [0.25, 0.3) is 0 Å². The third-order valence-electron chi connectivity index (χ3n) is 5.03. The van der Waals surface area contributed by atoms with Crippen LogP contribution in [0.3, 0.4) is 0 Å². The SMILES string of the molecule is Cc1cnc(C(NC(=O)NC2CCCC2(C)CO)C2CC2)s1. The lowest BCUT2D eigenvalue weighted by Crippen LogP contribution is -2.49. The Labute approximate surface area is 135 Å². The molecule has 6 heteroatoms. The van der Waals surface area contributed by atoms with E-state index in [1.165, 1.54) is 4.88 Å². The normalized spacial score (nSPS) is 29.3. The summed E-state index contributed by atoms with van der Waals surface area (Å²) in [7, 11) is 0. The number of hydrogen-bond donors (Lipinski definition) is 3. The van der Waals surface area contributed by atoms with E-state index in [1.54, 1.807) is 11.3 Å². The van der Waals surface area contributed by atoms with Gasteiger partial charge in [0, 0.05) is 22.5 Å². The topological polar surface area (TPSA) is 74.2 Å². The Kier molecular flexibility index (Phi) is 4.41. The number of aliphatic hydroxyl groups excluding tert-OH is 1. The Bertz CT molecular complexity index is 543. The molecule has 3 atom stereocenters. The molecule has 0 aromatic carbocycles. The van der Waals surface area contributed by atoms with Crippen molar-refractivity contribution in [3.8, 4) is 0 Å². The lowest BCUT2D eigenvalue weighted by molar-refractivity contribution is 0.120. The first-order valence-corrected chi connectivity index (χ1v) is 8.94. The van der Waals surface area contributed by atoms with Crippen LogP contribution in [-0.4, -0.2) is 28.8 Å². The molecular weight excluding hydrogens is 298 g/mol. The number of amides is 2. The van der Waals surface area contributed by atoms with Crippen molar-refractivity contribution in [1.82, 2.24) is 15.6 Å². The van der Waals surface area contributed by atoms with Gasteiger partial charge in [-0.15, -0.1) is 11.3 Å². The number of carbonyl (C=O) groups excluding carboxylic acids is 1. The third kappa shape index (κ3) is 3.27. The molecule has 0 saturated heterocycles. The van der Waals surface area contributed by atoms with Crippen LogP contribution >= 0.6 is 11.3 Å². The predicted molar refractivity (Wildman–Crippen MR) is 86.8 cm³/mol. The highest BCUT2D eigenvalue weighted by Gasteiger charge is 2.40. The molecule has 2 saturated carbocycles. The van der Waals surface area contributed by atoms with Crippen molar-refractivity contribution < 1.29 is 9.90 Å². The standard InChI is InChI=1S/C16H25N3O2S/c1-10-8-17-14(22-10)13(11-5-6-11)19-15(21)18-12-4-3-7-16(12,2)9-20/h8,11-13,20H,3-7,9H2,1-2H3,(H2,18,19,21). The monoisotopic (exact) mass is 323 g/mol. The number of aromatic nitrogens is 1. The van der Waals surface area contributed by atoms with Gasteiger partial charge in [-0.3, -0.25) is 0 Å². The molecule has 3 N–H and O–H groups in total. The van der Waals surface area contributed by atoms with E-state index in [0.29, 0.717) is 5.92 Å². The summed E-state index contributed by atoms with van der Waals surface area (Å²) in [6.07, 6.45) is 7.14. The molecule has 2 aliphatic rings. The quantitative estimate of drug-likeness (QED) is 0.780. The van der Waals surface area contributed by atoms with E-state index >= 15 is 0 Å². The van der Waals surface area contributed by atoms with Gasteiger partial charge in [0.15, 0.2) is 0 Å². The van der Waals surface area contributed by atoms with Crippen molar-refractivity contribution in [2.45, 2.75) is 58.0 Å². The number of aryl methyl sites for hydroxylation is 1. The number of hydrogen-bond acceptors (Lipinski definition) is 4. The molecule has 1 aromatic rings. The lowest BCUT2D eigenvalue weighted by atomic mass is 9.86. The zero-order chi connectivity index (χ0) is 15.7. The molecule has 1 aromatic heterocycles. The van der Waals surface area contributed by atoms with Crippen LogP contribution in [0.15, 0.2) is 6.20 Å². The number of carbonyl (C=O) groups is 1. The number of nitrogens with one attached hydrogen (secondary N) is 2. The Hall–Kier alpha value is -1.14. The summed E-state index contributed by atoms with van der Waals surface area (Å²) in [5.74, 6) is 0.518. The molecule has 3 rings (SSSR count). The van der Waals surface area contributed by atoms with E-state index in [4.69, 9.17) is 0 Å². The van der Waals surface area contributed by atoms with Gasteiger partial charge in [-0.05, 0) is 38.5 Å². The molecule has 122 valence electrons. The Balaban J connectivity index is 1.62. The van der Waals surface area contributed by atoms with E-state index in [9.17, 15) is 9.90 Å². The maximum absolute atomic E-state index is 12.4. The predicted octanol–water partition coefficient (Wildman–Crippen LogP) is 2.75. The fourth-order valence-electron chi connectivity index (χ4n) is 3.34. The van der Waals surface area contributed by atoms with Crippen LogP contribution in [0, 0.1) is 18.3 Å². The molecule has 5 nitrogen and oxygen atoms in total. The molecule has 2 fully saturated rings. The third-order valence-corrected chi connectivity index (χ3v) is 6.03. The summed E-state index contributed by atoms with van der Waals surface area (Å²) < 4.78 is 0. The highest BCUT2D eigenvalue weighted by Crippen LogP contribution is 2.42. The van der Waals surface area contributed by atoms with Gasteiger partial charge in [-0.1, -0.05) is 13.3 Å². The van der Waals surface area contributed by atoms with Crippen LogP contribution in [0.1, 0.15) is 55.0 Å². The summed E-state index contributed by atoms with van der Waals surface area (Å²) >= 11 is 1.66. The maximum atomic E-state index is 12.4. The smallest absolute Gasteiger partial charge is 0.315 e. The minimum Gasteiger partial charge on any atom is -0.396 e. The Morgan fingerprint density at radius 1 is 1.55 bits per heavy atom. The van der Waals surface area contributed by atoms with E-state index in [0.717, 1.165) is 37.1 Å². The zero-order valence-corrected chi connectivity index (χ0v) is 14.1. The Morgan fingerprint density at radius 3 is 2.91 bits per heavy atom. The molecule has 22 heavy (non-hydrogen) atoms. The van der Waals surface area contributed by atoms with Crippen LogP contribution in [0.25, 0.3) is 0 Å². The van der Waals surface area contributed by atoms with E-state index in [-0.39, 0.29) is 30.1 Å². The molecule has 0 spiro atoms. The fraction of sp³-hybridized carbons (Fsp3) is 0.750. The first-order valence-electron chi connectivity index (χ1n) is 8.12. The van der Waals surface area contributed by atoms with Crippen LogP contribution in [0.5, 0.6) is 0 Å². The minimum absolute atomic E-state index is 0.0282. The molecule has 0 bridgehead atoms. The van der Waals surface area contributed by atoms with Crippen LogP contribution < -0.4 is 10.6 Å². The summed E-state index contributed by atoms with van der Waals surface area (Å²) in [5.41, 5.74) is -0.190. The van der Waals surface area contributed by atoms with Crippen LogP contribution in [0.4, 0.5) is 4.79 Å². The molecule has 1 heterocycles. The van der Waals surface area contributed by atoms with Gasteiger partial charge >= 0.3 is 6.03 Å². The first kappa shape index (κ1) is 15.7. The molecule has 2 amide bonds. The number of aliphatic hydroxyl groups is 1. The summed E-state index contributed by atoms with van der Waals surface area (Å²) in [6.45, 7) is 4.21. The second kappa shape index (κ2) is 6.16. The molecule has 2 aliphatic carbocycles. The summed E-state index contributed by atoms with van der Waals surface area (Å²) in [6, 6.07) is -0.0489. The van der Waals surface area contributed by atoms with Gasteiger partial charge in [-0.2, -0.15) is 0 Å². The number of nitrogens with zero attached hydrogens (tertiary/aromatic N) is 1. The van der Waals surface area contributed by atoms with Gasteiger partial charge in [0.2, 0.25) is 0 Å². The summed E-state index contributed by atoms with van der Waals surface area (Å²) in [4.78, 5) is 18.0. The highest BCUT2D eigenvalue weighted by atomic mass is 32.1. The Morgan fingerprint density at radius 2 is 2.32 bits per heavy atom. The number of thiazole rings is 1. The van der Waals surface area contributed by atoms with Crippen LogP contribution in [0.2, 0.25) is 0 Å². The zero-order valence-electron chi connectivity index (χ0n) is 13.3. The molecule has 3 unspecified atom stereocenters. The van der Waals surface area contributed by atoms with Gasteiger partial charge in [0.1, 0.15) is 5.01 Å². The largest absolute Gasteiger partial charge is 0.396 e. The average molecular weight is 323 g/mol. The van der Waals surface area contributed by atoms with Crippen LogP contribution in [-0.2, 0) is 0 Å². The number of rotatable bonds is 5. The first-order chi connectivity index (χ1) is 10.5. The molecular formula is C16H25N3O2S.